The number of amides is 1. The molecule has 5 N–H and O–H groups in total. The summed E-state index contributed by atoms with van der Waals surface area (Å²) < 4.78 is 0. The summed E-state index contributed by atoms with van der Waals surface area (Å²) in [5.41, 5.74) is 7.76. The molecule has 1 rings (SSSR count). The van der Waals surface area contributed by atoms with Gasteiger partial charge in [0.15, 0.2) is 0 Å². The number of carbonyl (C=O) groups excluding carboxylic acids is 1. The van der Waals surface area contributed by atoms with Crippen molar-refractivity contribution < 1.29 is 9.90 Å². The average Bonchev–Trinajstić information content (AvgIpc) is 2.50. The Morgan fingerprint density at radius 1 is 1.29 bits per heavy atom. The molecule has 5 heteroatoms. The van der Waals surface area contributed by atoms with E-state index in [9.17, 15) is 9.90 Å². The number of nitrogens with two attached hydrogens (primary N) is 1. The van der Waals surface area contributed by atoms with E-state index in [1.165, 1.54) is 0 Å². The highest BCUT2D eigenvalue weighted by Gasteiger charge is 2.25. The van der Waals surface area contributed by atoms with Crippen LogP contribution in [0.5, 0.6) is 0 Å². The highest BCUT2D eigenvalue weighted by molar-refractivity contribution is 5.96. The normalized spacial score (nSPS) is 11.2. The van der Waals surface area contributed by atoms with E-state index < -0.39 is 0 Å². The third-order valence-electron chi connectivity index (χ3n) is 4.14. The summed E-state index contributed by atoms with van der Waals surface area (Å²) in [6.45, 7) is 7.41. The van der Waals surface area contributed by atoms with Gasteiger partial charge in [0.05, 0.1) is 18.0 Å². The van der Waals surface area contributed by atoms with E-state index in [1.807, 2.05) is 13.0 Å². The first-order valence-corrected chi connectivity index (χ1v) is 7.54. The second kappa shape index (κ2) is 7.88. The maximum absolute atomic E-state index is 11.7. The van der Waals surface area contributed by atoms with E-state index in [-0.39, 0.29) is 17.9 Å². The summed E-state index contributed by atoms with van der Waals surface area (Å²) in [6, 6.07) is 5.24. The minimum Gasteiger partial charge on any atom is -0.397 e. The Bertz CT molecular complexity index is 462. The van der Waals surface area contributed by atoms with Crippen LogP contribution in [-0.4, -0.2) is 30.7 Å². The van der Waals surface area contributed by atoms with E-state index in [0.717, 1.165) is 18.5 Å². The van der Waals surface area contributed by atoms with Crippen molar-refractivity contribution in [1.82, 2.24) is 5.32 Å². The number of aliphatic hydroxyl groups excluding tert-OH is 1. The molecule has 0 aromatic heterocycles. The highest BCUT2D eigenvalue weighted by Crippen LogP contribution is 2.28. The molecule has 5 nitrogen and oxygen atoms in total. The molecule has 0 aliphatic heterocycles. The lowest BCUT2D eigenvalue weighted by Crippen LogP contribution is -2.32. The Balaban J connectivity index is 2.79. The third kappa shape index (κ3) is 4.36. The highest BCUT2D eigenvalue weighted by atomic mass is 16.3. The number of rotatable bonds is 8. The third-order valence-corrected chi connectivity index (χ3v) is 4.14. The van der Waals surface area contributed by atoms with Gasteiger partial charge in [0.2, 0.25) is 0 Å². The number of aliphatic hydroxyl groups is 1. The number of anilines is 2. The monoisotopic (exact) mass is 293 g/mol. The van der Waals surface area contributed by atoms with Gasteiger partial charge in [-0.3, -0.25) is 4.79 Å². The van der Waals surface area contributed by atoms with Gasteiger partial charge in [0, 0.05) is 24.1 Å². The maximum Gasteiger partial charge on any atom is 0.251 e. The van der Waals surface area contributed by atoms with Gasteiger partial charge >= 0.3 is 0 Å². The fourth-order valence-electron chi connectivity index (χ4n) is 2.19. The van der Waals surface area contributed by atoms with E-state index in [1.54, 1.807) is 12.1 Å². The molecule has 1 aromatic rings. The molecule has 0 bridgehead atoms. The summed E-state index contributed by atoms with van der Waals surface area (Å²) in [5, 5.41) is 15.6. The summed E-state index contributed by atoms with van der Waals surface area (Å²) in [7, 11) is 0. The zero-order chi connectivity index (χ0) is 15.9. The van der Waals surface area contributed by atoms with Crippen LogP contribution in [0.4, 0.5) is 11.4 Å². The minimum absolute atomic E-state index is 0.123. The smallest absolute Gasteiger partial charge is 0.251 e. The van der Waals surface area contributed by atoms with Crippen molar-refractivity contribution in [2.75, 3.05) is 30.7 Å². The van der Waals surface area contributed by atoms with Crippen LogP contribution in [0.3, 0.4) is 0 Å². The van der Waals surface area contributed by atoms with Crippen molar-refractivity contribution in [3.63, 3.8) is 0 Å². The molecule has 118 valence electrons. The Morgan fingerprint density at radius 3 is 2.43 bits per heavy atom. The van der Waals surface area contributed by atoms with Gasteiger partial charge in [-0.15, -0.1) is 0 Å². The molecule has 0 aliphatic rings. The molecule has 0 aliphatic carbocycles. The zero-order valence-electron chi connectivity index (χ0n) is 13.2. The predicted octanol–water partition coefficient (Wildman–Crippen LogP) is 2.23. The van der Waals surface area contributed by atoms with Gasteiger partial charge in [0.1, 0.15) is 0 Å². The van der Waals surface area contributed by atoms with E-state index in [4.69, 9.17) is 5.73 Å². The van der Waals surface area contributed by atoms with Crippen LogP contribution in [0.15, 0.2) is 18.2 Å². The number of benzene rings is 1. The predicted molar refractivity (Wildman–Crippen MR) is 87.5 cm³/mol. The first-order valence-electron chi connectivity index (χ1n) is 7.54. The summed E-state index contributed by atoms with van der Waals surface area (Å²) in [5.74, 6) is -0.123. The van der Waals surface area contributed by atoms with E-state index >= 15 is 0 Å². The Kier molecular flexibility index (Phi) is 6.49. The SMILES string of the molecule is CCNC(=O)c1ccc(NCC(CC)(CC)CO)c(N)c1. The number of carbonyl (C=O) groups is 1. The second-order valence-corrected chi connectivity index (χ2v) is 5.38. The van der Waals surface area contributed by atoms with Gasteiger partial charge < -0.3 is 21.5 Å². The quantitative estimate of drug-likeness (QED) is 0.554. The molecule has 0 saturated heterocycles. The van der Waals surface area contributed by atoms with Crippen molar-refractivity contribution in [3.8, 4) is 0 Å². The molecular weight excluding hydrogens is 266 g/mol. The minimum atomic E-state index is -0.134. The number of nitrogen functional groups attached to an aromatic ring is 1. The molecule has 1 amide bonds. The summed E-state index contributed by atoms with van der Waals surface area (Å²) >= 11 is 0. The van der Waals surface area contributed by atoms with Gasteiger partial charge in [0.25, 0.3) is 5.91 Å². The zero-order valence-corrected chi connectivity index (χ0v) is 13.2. The first-order chi connectivity index (χ1) is 10.0. The summed E-state index contributed by atoms with van der Waals surface area (Å²) in [4.78, 5) is 11.7. The molecular formula is C16H27N3O2. The molecule has 0 atom stereocenters. The second-order valence-electron chi connectivity index (χ2n) is 5.38. The lowest BCUT2D eigenvalue weighted by Gasteiger charge is -2.30. The van der Waals surface area contributed by atoms with E-state index in [0.29, 0.717) is 24.3 Å². The Hall–Kier alpha value is -1.75. The molecule has 0 radical (unpaired) electrons. The van der Waals surface area contributed by atoms with Crippen LogP contribution < -0.4 is 16.4 Å². The summed E-state index contributed by atoms with van der Waals surface area (Å²) in [6.07, 6.45) is 1.79. The Labute approximate surface area is 126 Å². The lowest BCUT2D eigenvalue weighted by molar-refractivity contribution is 0.0956. The van der Waals surface area contributed by atoms with E-state index in [2.05, 4.69) is 24.5 Å². The van der Waals surface area contributed by atoms with Gasteiger partial charge in [-0.1, -0.05) is 13.8 Å². The number of nitrogens with one attached hydrogen (secondary N) is 2. The lowest BCUT2D eigenvalue weighted by atomic mass is 9.83. The first kappa shape index (κ1) is 17.3. The van der Waals surface area contributed by atoms with Crippen LogP contribution in [0.2, 0.25) is 0 Å². The topological polar surface area (TPSA) is 87.4 Å². The molecule has 0 saturated carbocycles. The fraction of sp³-hybridized carbons (Fsp3) is 0.562. The number of hydrogen-bond acceptors (Lipinski definition) is 4. The standard InChI is InChI=1S/C16H27N3O2/c1-4-16(5-2,11-20)10-19-14-8-7-12(9-13(14)17)15(21)18-6-3/h7-9,19-20H,4-6,10-11,17H2,1-3H3,(H,18,21). The molecule has 21 heavy (non-hydrogen) atoms. The van der Waals surface area contributed by atoms with Crippen molar-refractivity contribution in [2.24, 2.45) is 5.41 Å². The van der Waals surface area contributed by atoms with Gasteiger partial charge in [-0.05, 0) is 38.0 Å². The molecule has 0 fully saturated rings. The van der Waals surface area contributed by atoms with Crippen LogP contribution >= 0.6 is 0 Å². The molecule has 0 heterocycles. The largest absolute Gasteiger partial charge is 0.397 e. The van der Waals surface area contributed by atoms with Crippen LogP contribution in [0.1, 0.15) is 44.0 Å². The molecule has 0 spiro atoms. The van der Waals surface area contributed by atoms with Gasteiger partial charge in [-0.2, -0.15) is 0 Å². The maximum atomic E-state index is 11.7. The van der Waals surface area contributed by atoms with Crippen LogP contribution in [0.25, 0.3) is 0 Å². The number of hydrogen-bond donors (Lipinski definition) is 4. The molecule has 1 aromatic carbocycles. The van der Waals surface area contributed by atoms with Gasteiger partial charge in [-0.25, -0.2) is 0 Å². The van der Waals surface area contributed by atoms with Crippen molar-refractivity contribution in [3.05, 3.63) is 23.8 Å². The van der Waals surface area contributed by atoms with Crippen molar-refractivity contribution in [2.45, 2.75) is 33.6 Å². The molecule has 0 unspecified atom stereocenters. The van der Waals surface area contributed by atoms with Crippen LogP contribution in [0, 0.1) is 5.41 Å². The van der Waals surface area contributed by atoms with Crippen LogP contribution in [-0.2, 0) is 0 Å². The van der Waals surface area contributed by atoms with Crippen molar-refractivity contribution >= 4 is 17.3 Å². The average molecular weight is 293 g/mol. The Morgan fingerprint density at radius 2 is 1.95 bits per heavy atom. The fourth-order valence-corrected chi connectivity index (χ4v) is 2.19. The van der Waals surface area contributed by atoms with Crippen molar-refractivity contribution in [1.29, 1.82) is 0 Å².